The van der Waals surface area contributed by atoms with Crippen LogP contribution in [-0.4, -0.2) is 64.7 Å². The van der Waals surface area contributed by atoms with Crippen molar-refractivity contribution in [3.63, 3.8) is 0 Å². The zero-order valence-electron chi connectivity index (χ0n) is 21.3. The monoisotopic (exact) mass is 581 g/mol. The summed E-state index contributed by atoms with van der Waals surface area (Å²) in [4.78, 5) is 5.81. The van der Waals surface area contributed by atoms with Crippen LogP contribution in [0.25, 0.3) is 16.6 Å². The highest BCUT2D eigenvalue weighted by atomic mass is 32.2. The molecule has 0 amide bonds. The zero-order chi connectivity index (χ0) is 27.9. The van der Waals surface area contributed by atoms with Gasteiger partial charge in [-0.15, -0.1) is 11.3 Å². The largest absolute Gasteiger partial charge is 0.390 e. The Labute approximate surface area is 227 Å². The summed E-state index contributed by atoms with van der Waals surface area (Å²) in [7, 11) is -3.87. The molecule has 2 aromatic heterocycles. The van der Waals surface area contributed by atoms with E-state index in [1.807, 2.05) is 19.1 Å². The molecule has 5 rings (SSSR count). The minimum atomic E-state index is -4.34. The molecule has 0 aliphatic carbocycles. The van der Waals surface area contributed by atoms with Gasteiger partial charge in [0, 0.05) is 37.6 Å². The molecule has 0 saturated carbocycles. The fraction of sp³-hybridized carbons (Fsp3) is 0.385. The van der Waals surface area contributed by atoms with Crippen LogP contribution in [0.5, 0.6) is 0 Å². The van der Waals surface area contributed by atoms with Crippen molar-refractivity contribution in [1.29, 1.82) is 0 Å². The van der Waals surface area contributed by atoms with Gasteiger partial charge < -0.3 is 0 Å². The Hall–Kier alpha value is -2.87. The van der Waals surface area contributed by atoms with E-state index < -0.39 is 28.7 Å². The molecule has 1 aliphatic rings. The summed E-state index contributed by atoms with van der Waals surface area (Å²) < 4.78 is 83.3. The summed E-state index contributed by atoms with van der Waals surface area (Å²) in [5, 5.41) is 5.80. The summed E-state index contributed by atoms with van der Waals surface area (Å²) in [6.45, 7) is 3.86. The number of aromatic nitrogens is 3. The Bertz CT molecular complexity index is 1580. The van der Waals surface area contributed by atoms with Gasteiger partial charge in [-0.3, -0.25) is 4.90 Å². The van der Waals surface area contributed by atoms with Crippen molar-refractivity contribution >= 4 is 32.3 Å². The van der Waals surface area contributed by atoms with E-state index in [9.17, 15) is 26.0 Å². The molecule has 0 bridgehead atoms. The lowest BCUT2D eigenvalue weighted by atomic mass is 9.97. The third-order valence-corrected chi connectivity index (χ3v) is 10.1. The molecule has 2 aromatic carbocycles. The molecular formula is C26H27F4N5O2S2. The minimum Gasteiger partial charge on any atom is -0.295 e. The number of halogens is 4. The molecule has 13 heteroatoms. The van der Waals surface area contributed by atoms with Gasteiger partial charge in [0.2, 0.25) is 0 Å². The number of hydrogen-bond acceptors (Lipinski definition) is 6. The third-order valence-electron chi connectivity index (χ3n) is 6.93. The van der Waals surface area contributed by atoms with Crippen LogP contribution in [0.3, 0.4) is 0 Å². The van der Waals surface area contributed by atoms with Crippen molar-refractivity contribution in [3.8, 4) is 5.69 Å². The van der Waals surface area contributed by atoms with E-state index in [-0.39, 0.29) is 29.7 Å². The number of sulfonamides is 1. The van der Waals surface area contributed by atoms with Crippen LogP contribution >= 0.6 is 11.3 Å². The number of fused-ring (bicyclic) bond motifs is 1. The fourth-order valence-corrected chi connectivity index (χ4v) is 7.74. The predicted molar refractivity (Wildman–Crippen MR) is 141 cm³/mol. The number of thiazole rings is 1. The number of nitrogens with zero attached hydrogens (tertiary/aromatic N) is 5. The van der Waals surface area contributed by atoms with Gasteiger partial charge in [0.05, 0.1) is 35.0 Å². The Morgan fingerprint density at radius 3 is 2.49 bits per heavy atom. The second-order valence-electron chi connectivity index (χ2n) is 9.63. The highest BCUT2D eigenvalue weighted by molar-refractivity contribution is 7.91. The van der Waals surface area contributed by atoms with Crippen LogP contribution in [0.1, 0.15) is 35.0 Å². The van der Waals surface area contributed by atoms with E-state index in [0.717, 1.165) is 33.4 Å². The molecule has 39 heavy (non-hydrogen) atoms. The Kier molecular flexibility index (Phi) is 7.53. The molecule has 1 saturated heterocycles. The molecule has 1 unspecified atom stereocenters. The average Bonchev–Trinajstić information content (AvgIpc) is 3.42. The van der Waals surface area contributed by atoms with Crippen molar-refractivity contribution in [2.24, 2.45) is 0 Å². The molecule has 1 aliphatic heterocycles. The van der Waals surface area contributed by atoms with Crippen molar-refractivity contribution in [2.45, 2.75) is 43.1 Å². The van der Waals surface area contributed by atoms with Crippen LogP contribution in [0.15, 0.2) is 53.0 Å². The van der Waals surface area contributed by atoms with Crippen molar-refractivity contribution < 1.29 is 26.0 Å². The Morgan fingerprint density at radius 1 is 1.08 bits per heavy atom. The standard InChI is InChI=1S/C26H27F4N5O2S2/c1-17-12-23-19(14-32-35(23)21-6-4-20(27)5-7-21)13-22(17)24-16-34(39(36,37)25-15-31-18(2)38-25)10-3-9-33(24)11-8-26(28,29)30/h4-7,12-15,24H,3,8-11,16H2,1-2H3. The lowest BCUT2D eigenvalue weighted by Crippen LogP contribution is -2.38. The summed E-state index contributed by atoms with van der Waals surface area (Å²) in [6.07, 6.45) is -1.95. The van der Waals surface area contributed by atoms with Gasteiger partial charge in [0.1, 0.15) is 5.82 Å². The van der Waals surface area contributed by atoms with Crippen LogP contribution in [0.2, 0.25) is 0 Å². The first-order valence-electron chi connectivity index (χ1n) is 12.4. The summed E-state index contributed by atoms with van der Waals surface area (Å²) in [5.74, 6) is -0.367. The van der Waals surface area contributed by atoms with E-state index in [4.69, 9.17) is 0 Å². The maximum absolute atomic E-state index is 13.5. The highest BCUT2D eigenvalue weighted by Gasteiger charge is 2.36. The van der Waals surface area contributed by atoms with Crippen LogP contribution in [0.4, 0.5) is 17.6 Å². The van der Waals surface area contributed by atoms with Gasteiger partial charge in [-0.25, -0.2) is 22.5 Å². The van der Waals surface area contributed by atoms with E-state index in [1.165, 1.54) is 22.6 Å². The molecule has 0 N–H and O–H groups in total. The van der Waals surface area contributed by atoms with Gasteiger partial charge in [-0.05, 0) is 67.8 Å². The summed E-state index contributed by atoms with van der Waals surface area (Å²) in [5.41, 5.74) is 2.95. The number of aryl methyl sites for hydroxylation is 2. The smallest absolute Gasteiger partial charge is 0.295 e. The lowest BCUT2D eigenvalue weighted by molar-refractivity contribution is -0.139. The van der Waals surface area contributed by atoms with Crippen molar-refractivity contribution in [2.75, 3.05) is 26.2 Å². The van der Waals surface area contributed by atoms with Crippen LogP contribution in [0, 0.1) is 19.7 Å². The minimum absolute atomic E-state index is 0.00951. The first-order chi connectivity index (χ1) is 18.4. The van der Waals surface area contributed by atoms with Gasteiger partial charge in [-0.1, -0.05) is 0 Å². The van der Waals surface area contributed by atoms with Crippen molar-refractivity contribution in [1.82, 2.24) is 24.0 Å². The normalized spacial score (nSPS) is 18.1. The molecule has 3 heterocycles. The van der Waals surface area contributed by atoms with E-state index in [0.29, 0.717) is 23.7 Å². The molecule has 0 radical (unpaired) electrons. The molecule has 1 fully saturated rings. The molecule has 4 aromatic rings. The number of alkyl halides is 3. The second kappa shape index (κ2) is 10.6. The molecule has 0 spiro atoms. The maximum Gasteiger partial charge on any atom is 0.390 e. The number of hydrogen-bond donors (Lipinski definition) is 0. The number of rotatable bonds is 6. The zero-order valence-corrected chi connectivity index (χ0v) is 23.0. The van der Waals surface area contributed by atoms with Gasteiger partial charge in [0.25, 0.3) is 10.0 Å². The summed E-state index contributed by atoms with van der Waals surface area (Å²) in [6, 6.07) is 9.06. The van der Waals surface area contributed by atoms with Crippen LogP contribution < -0.4 is 0 Å². The Balaban J connectivity index is 1.55. The van der Waals surface area contributed by atoms with E-state index >= 15 is 0 Å². The van der Waals surface area contributed by atoms with Crippen molar-refractivity contribution in [3.05, 3.63) is 70.7 Å². The highest BCUT2D eigenvalue weighted by Crippen LogP contribution is 2.35. The molecule has 1 atom stereocenters. The third kappa shape index (κ3) is 5.86. The summed E-state index contributed by atoms with van der Waals surface area (Å²) >= 11 is 1.08. The molecular weight excluding hydrogens is 554 g/mol. The van der Waals surface area contributed by atoms with E-state index in [1.54, 1.807) is 34.8 Å². The fourth-order valence-electron chi connectivity index (χ4n) is 4.99. The predicted octanol–water partition coefficient (Wildman–Crippen LogP) is 5.63. The Morgan fingerprint density at radius 2 is 1.82 bits per heavy atom. The van der Waals surface area contributed by atoms with Crippen LogP contribution in [-0.2, 0) is 10.0 Å². The topological polar surface area (TPSA) is 71.3 Å². The van der Waals surface area contributed by atoms with Gasteiger partial charge in [0.15, 0.2) is 4.21 Å². The lowest BCUT2D eigenvalue weighted by Gasteiger charge is -2.33. The first kappa shape index (κ1) is 27.7. The first-order valence-corrected chi connectivity index (χ1v) is 14.7. The van der Waals surface area contributed by atoms with E-state index in [2.05, 4.69) is 10.1 Å². The molecule has 7 nitrogen and oxygen atoms in total. The maximum atomic E-state index is 13.5. The SMILES string of the molecule is Cc1ncc(S(=O)(=O)N2CCCN(CCC(F)(F)F)C(c3cc4cnn(-c5ccc(F)cc5)c4cc3C)C2)s1. The molecule has 208 valence electrons. The van der Waals surface area contributed by atoms with Gasteiger partial charge >= 0.3 is 6.18 Å². The average molecular weight is 582 g/mol. The number of benzene rings is 2. The second-order valence-corrected chi connectivity index (χ2v) is 13.0. The quantitative estimate of drug-likeness (QED) is 0.276. The van der Waals surface area contributed by atoms with Gasteiger partial charge in [-0.2, -0.15) is 22.6 Å².